The van der Waals surface area contributed by atoms with E-state index in [0.717, 1.165) is 6.07 Å². The molecular formula is C15H13FN2O5. The van der Waals surface area contributed by atoms with Crippen LogP contribution in [0.1, 0.15) is 10.4 Å². The Labute approximate surface area is 130 Å². The van der Waals surface area contributed by atoms with Gasteiger partial charge >= 0.3 is 0 Å². The number of anilines is 1. The summed E-state index contributed by atoms with van der Waals surface area (Å²) in [6.07, 6.45) is 0. The molecule has 7 nitrogen and oxygen atoms in total. The minimum atomic E-state index is -0.831. The van der Waals surface area contributed by atoms with Crippen molar-refractivity contribution in [3.05, 3.63) is 57.9 Å². The lowest BCUT2D eigenvalue weighted by Gasteiger charge is -2.11. The van der Waals surface area contributed by atoms with Gasteiger partial charge in [-0.15, -0.1) is 0 Å². The highest BCUT2D eigenvalue weighted by Gasteiger charge is 2.25. The maximum absolute atomic E-state index is 13.6. The molecule has 0 spiro atoms. The number of nitro benzene ring substituents is 1. The van der Waals surface area contributed by atoms with Crippen molar-refractivity contribution in [1.82, 2.24) is 0 Å². The zero-order chi connectivity index (χ0) is 17.0. The van der Waals surface area contributed by atoms with Crippen LogP contribution in [-0.4, -0.2) is 25.1 Å². The van der Waals surface area contributed by atoms with Crippen molar-refractivity contribution >= 4 is 17.3 Å². The van der Waals surface area contributed by atoms with Gasteiger partial charge in [0, 0.05) is 6.07 Å². The Morgan fingerprint density at radius 2 is 1.78 bits per heavy atom. The SMILES string of the molecule is COc1cc(C(=O)Nc2ccccc2F)c([N+](=O)[O-])cc1OC. The number of benzene rings is 2. The summed E-state index contributed by atoms with van der Waals surface area (Å²) >= 11 is 0. The van der Waals surface area contributed by atoms with Crippen LogP contribution >= 0.6 is 0 Å². The van der Waals surface area contributed by atoms with Crippen LogP contribution in [0.5, 0.6) is 11.5 Å². The highest BCUT2D eigenvalue weighted by molar-refractivity contribution is 6.07. The minimum absolute atomic E-state index is 0.0819. The van der Waals surface area contributed by atoms with Gasteiger partial charge in [-0.3, -0.25) is 14.9 Å². The van der Waals surface area contributed by atoms with Crippen molar-refractivity contribution in [2.75, 3.05) is 19.5 Å². The summed E-state index contributed by atoms with van der Waals surface area (Å²) in [4.78, 5) is 22.7. The Hall–Kier alpha value is -3.16. The first kappa shape index (κ1) is 16.2. The van der Waals surface area contributed by atoms with Crippen molar-refractivity contribution in [2.24, 2.45) is 0 Å². The Balaban J connectivity index is 2.46. The van der Waals surface area contributed by atoms with Gasteiger partial charge in [-0.1, -0.05) is 12.1 Å². The molecule has 2 aromatic rings. The smallest absolute Gasteiger partial charge is 0.286 e. The first-order valence-corrected chi connectivity index (χ1v) is 6.44. The molecule has 2 aromatic carbocycles. The van der Waals surface area contributed by atoms with Crippen LogP contribution < -0.4 is 14.8 Å². The molecule has 2 rings (SSSR count). The zero-order valence-electron chi connectivity index (χ0n) is 12.3. The van der Waals surface area contributed by atoms with E-state index in [9.17, 15) is 19.3 Å². The van der Waals surface area contributed by atoms with Gasteiger partial charge in [-0.25, -0.2) is 4.39 Å². The van der Waals surface area contributed by atoms with Crippen LogP contribution in [0.25, 0.3) is 0 Å². The largest absolute Gasteiger partial charge is 0.493 e. The predicted molar refractivity (Wildman–Crippen MR) is 80.6 cm³/mol. The molecule has 0 bridgehead atoms. The minimum Gasteiger partial charge on any atom is -0.493 e. The lowest BCUT2D eigenvalue weighted by Crippen LogP contribution is -2.15. The van der Waals surface area contributed by atoms with Crippen molar-refractivity contribution in [3.8, 4) is 11.5 Å². The molecule has 23 heavy (non-hydrogen) atoms. The second-order valence-corrected chi connectivity index (χ2v) is 4.42. The molecule has 0 aliphatic heterocycles. The average Bonchev–Trinajstić information content (AvgIpc) is 2.55. The van der Waals surface area contributed by atoms with Crippen LogP contribution in [-0.2, 0) is 0 Å². The normalized spacial score (nSPS) is 10.0. The number of rotatable bonds is 5. The van der Waals surface area contributed by atoms with E-state index in [-0.39, 0.29) is 22.7 Å². The Morgan fingerprint density at radius 3 is 2.35 bits per heavy atom. The molecule has 0 aromatic heterocycles. The Bertz CT molecular complexity index is 764. The van der Waals surface area contributed by atoms with Crippen LogP contribution in [0.15, 0.2) is 36.4 Å². The third-order valence-corrected chi connectivity index (χ3v) is 3.07. The van der Waals surface area contributed by atoms with Gasteiger partial charge in [0.15, 0.2) is 11.5 Å². The van der Waals surface area contributed by atoms with Crippen molar-refractivity contribution in [1.29, 1.82) is 0 Å². The topological polar surface area (TPSA) is 90.7 Å². The molecule has 0 aliphatic rings. The van der Waals surface area contributed by atoms with E-state index in [1.54, 1.807) is 0 Å². The first-order chi connectivity index (χ1) is 11.0. The van der Waals surface area contributed by atoms with Gasteiger partial charge in [0.25, 0.3) is 11.6 Å². The number of hydrogen-bond acceptors (Lipinski definition) is 5. The monoisotopic (exact) mass is 320 g/mol. The standard InChI is InChI=1S/C15H13FN2O5/c1-22-13-7-9(12(18(20)21)8-14(13)23-2)15(19)17-11-6-4-3-5-10(11)16/h3-8H,1-2H3,(H,17,19). The number of nitro groups is 1. The Morgan fingerprint density at radius 1 is 1.17 bits per heavy atom. The van der Waals surface area contributed by atoms with E-state index in [2.05, 4.69) is 5.32 Å². The number of ether oxygens (including phenoxy) is 2. The summed E-state index contributed by atoms with van der Waals surface area (Å²) in [5, 5.41) is 13.5. The van der Waals surface area contributed by atoms with Gasteiger partial charge in [0.2, 0.25) is 0 Å². The first-order valence-electron chi connectivity index (χ1n) is 6.44. The highest BCUT2D eigenvalue weighted by Crippen LogP contribution is 2.34. The summed E-state index contributed by atoms with van der Waals surface area (Å²) in [5.41, 5.74) is -0.825. The predicted octanol–water partition coefficient (Wildman–Crippen LogP) is 3.00. The second kappa shape index (κ2) is 6.73. The fraction of sp³-hybridized carbons (Fsp3) is 0.133. The van der Waals surface area contributed by atoms with Crippen LogP contribution in [0.3, 0.4) is 0 Å². The number of halogens is 1. The van der Waals surface area contributed by atoms with Gasteiger partial charge < -0.3 is 14.8 Å². The molecular weight excluding hydrogens is 307 g/mol. The number of hydrogen-bond donors (Lipinski definition) is 1. The second-order valence-electron chi connectivity index (χ2n) is 4.42. The third kappa shape index (κ3) is 3.37. The lowest BCUT2D eigenvalue weighted by molar-refractivity contribution is -0.385. The number of amides is 1. The molecule has 0 radical (unpaired) electrons. The van der Waals surface area contributed by atoms with Gasteiger partial charge in [-0.2, -0.15) is 0 Å². The van der Waals surface area contributed by atoms with Crippen LogP contribution in [0, 0.1) is 15.9 Å². The van der Waals surface area contributed by atoms with E-state index in [1.165, 1.54) is 44.6 Å². The molecule has 8 heteroatoms. The van der Waals surface area contributed by atoms with Gasteiger partial charge in [0.05, 0.1) is 30.9 Å². The maximum Gasteiger partial charge on any atom is 0.286 e. The molecule has 0 atom stereocenters. The summed E-state index contributed by atoms with van der Waals surface area (Å²) in [6.45, 7) is 0. The van der Waals surface area contributed by atoms with Gasteiger partial charge in [-0.05, 0) is 12.1 Å². The van der Waals surface area contributed by atoms with E-state index in [1.807, 2.05) is 0 Å². The van der Waals surface area contributed by atoms with Gasteiger partial charge in [0.1, 0.15) is 11.4 Å². The van der Waals surface area contributed by atoms with Crippen molar-refractivity contribution in [3.63, 3.8) is 0 Å². The van der Waals surface area contributed by atoms with Crippen molar-refractivity contribution in [2.45, 2.75) is 0 Å². The summed E-state index contributed by atoms with van der Waals surface area (Å²) in [7, 11) is 2.66. The quantitative estimate of drug-likeness (QED) is 0.675. The summed E-state index contributed by atoms with van der Waals surface area (Å²) in [6, 6.07) is 7.76. The molecule has 0 saturated heterocycles. The molecule has 0 saturated carbocycles. The summed E-state index contributed by atoms with van der Waals surface area (Å²) < 4.78 is 23.6. The number of para-hydroxylation sites is 1. The summed E-state index contributed by atoms with van der Waals surface area (Å²) in [5.74, 6) is -1.22. The lowest BCUT2D eigenvalue weighted by atomic mass is 10.1. The molecule has 0 heterocycles. The zero-order valence-corrected chi connectivity index (χ0v) is 12.3. The molecule has 1 N–H and O–H groups in total. The number of carbonyl (C=O) groups excluding carboxylic acids is 1. The van der Waals surface area contributed by atoms with E-state index in [4.69, 9.17) is 9.47 Å². The third-order valence-electron chi connectivity index (χ3n) is 3.07. The highest BCUT2D eigenvalue weighted by atomic mass is 19.1. The molecule has 0 aliphatic carbocycles. The number of nitrogens with one attached hydrogen (secondary N) is 1. The number of nitrogens with zero attached hydrogens (tertiary/aromatic N) is 1. The van der Waals surface area contributed by atoms with E-state index < -0.39 is 22.3 Å². The van der Waals surface area contributed by atoms with E-state index in [0.29, 0.717) is 0 Å². The maximum atomic E-state index is 13.6. The van der Waals surface area contributed by atoms with Crippen LogP contribution in [0.4, 0.5) is 15.8 Å². The molecule has 120 valence electrons. The molecule has 0 unspecified atom stereocenters. The number of methoxy groups -OCH3 is 2. The average molecular weight is 320 g/mol. The fourth-order valence-corrected chi connectivity index (χ4v) is 1.95. The fourth-order valence-electron chi connectivity index (χ4n) is 1.95. The van der Waals surface area contributed by atoms with Crippen LogP contribution in [0.2, 0.25) is 0 Å². The van der Waals surface area contributed by atoms with E-state index >= 15 is 0 Å². The Kier molecular flexibility index (Phi) is 4.75. The van der Waals surface area contributed by atoms with Crippen molar-refractivity contribution < 1.29 is 23.6 Å². The number of carbonyl (C=O) groups is 1. The molecule has 1 amide bonds. The molecule has 0 fully saturated rings.